The van der Waals surface area contributed by atoms with E-state index in [0.717, 1.165) is 6.42 Å². The molecule has 0 saturated heterocycles. The molecule has 0 spiro atoms. The Balaban J connectivity index is 2.16. The molecule has 7 heavy (non-hydrogen) atoms. The quantitative estimate of drug-likeness (QED) is 0.478. The largest absolute Gasteiger partial charge is 0.317 e. The molecule has 0 amide bonds. The Bertz CT molecular complexity index is 63.1. The third kappa shape index (κ3) is 0.763. The van der Waals surface area contributed by atoms with Gasteiger partial charge in [0.15, 0.2) is 0 Å². The van der Waals surface area contributed by atoms with Gasteiger partial charge < -0.3 is 5.21 Å². The Morgan fingerprint density at radius 1 is 1.57 bits per heavy atom. The van der Waals surface area contributed by atoms with Crippen LogP contribution in [-0.4, -0.2) is 11.2 Å². The highest BCUT2D eigenvalue weighted by atomic mass is 16.5. The predicted molar refractivity (Wildman–Crippen MR) is 27.1 cm³/mol. The van der Waals surface area contributed by atoms with Crippen LogP contribution in [-0.2, 0) is 0 Å². The molecule has 2 heteroatoms. The highest BCUT2D eigenvalue weighted by Crippen LogP contribution is 2.25. The first-order valence-electron chi connectivity index (χ1n) is 2.74. The second-order valence-corrected chi connectivity index (χ2v) is 2.29. The van der Waals surface area contributed by atoms with E-state index >= 15 is 0 Å². The van der Waals surface area contributed by atoms with Gasteiger partial charge in [0.2, 0.25) is 0 Å². The van der Waals surface area contributed by atoms with E-state index in [1.165, 1.54) is 6.42 Å². The number of hydrogen-bond donors (Lipinski definition) is 2. The topological polar surface area (TPSA) is 32.3 Å². The van der Waals surface area contributed by atoms with Crippen molar-refractivity contribution in [2.75, 3.05) is 0 Å². The second kappa shape index (κ2) is 1.80. The van der Waals surface area contributed by atoms with Crippen LogP contribution in [0.15, 0.2) is 0 Å². The van der Waals surface area contributed by atoms with E-state index in [9.17, 15) is 0 Å². The van der Waals surface area contributed by atoms with Gasteiger partial charge in [-0.05, 0) is 18.8 Å². The number of nitrogens with one attached hydrogen (secondary N) is 1. The van der Waals surface area contributed by atoms with Crippen molar-refractivity contribution in [3.05, 3.63) is 0 Å². The lowest BCUT2D eigenvalue weighted by atomic mass is 9.82. The SMILES string of the molecule is CC1CCC1NO. The molecule has 0 aromatic carbocycles. The van der Waals surface area contributed by atoms with Gasteiger partial charge in [-0.1, -0.05) is 6.92 Å². The maximum Gasteiger partial charge on any atom is 0.0345 e. The van der Waals surface area contributed by atoms with E-state index in [2.05, 4.69) is 12.4 Å². The van der Waals surface area contributed by atoms with Crippen LogP contribution in [0.5, 0.6) is 0 Å². The van der Waals surface area contributed by atoms with E-state index in [0.29, 0.717) is 12.0 Å². The summed E-state index contributed by atoms with van der Waals surface area (Å²) in [6, 6.07) is 0.389. The Labute approximate surface area is 43.5 Å². The fraction of sp³-hybridized carbons (Fsp3) is 1.00. The summed E-state index contributed by atoms with van der Waals surface area (Å²) in [7, 11) is 0. The number of hydrogen-bond acceptors (Lipinski definition) is 2. The summed E-state index contributed by atoms with van der Waals surface area (Å²) in [5.41, 5.74) is 2.25. The van der Waals surface area contributed by atoms with Gasteiger partial charge in [0.1, 0.15) is 0 Å². The minimum atomic E-state index is 0.389. The fourth-order valence-corrected chi connectivity index (χ4v) is 0.858. The zero-order valence-corrected chi connectivity index (χ0v) is 4.52. The van der Waals surface area contributed by atoms with Gasteiger partial charge in [0.25, 0.3) is 0 Å². The molecule has 1 saturated carbocycles. The van der Waals surface area contributed by atoms with Crippen molar-refractivity contribution in [3.63, 3.8) is 0 Å². The second-order valence-electron chi connectivity index (χ2n) is 2.29. The van der Waals surface area contributed by atoms with Crippen LogP contribution in [0.3, 0.4) is 0 Å². The van der Waals surface area contributed by atoms with Crippen LogP contribution in [0, 0.1) is 5.92 Å². The smallest absolute Gasteiger partial charge is 0.0345 e. The van der Waals surface area contributed by atoms with Crippen molar-refractivity contribution >= 4 is 0 Å². The van der Waals surface area contributed by atoms with E-state index in [1.54, 1.807) is 0 Å². The standard InChI is InChI=1S/C5H11NO/c1-4-2-3-5(4)6-7/h4-7H,2-3H2,1H3. The van der Waals surface area contributed by atoms with Gasteiger partial charge in [0.05, 0.1) is 0 Å². The van der Waals surface area contributed by atoms with Gasteiger partial charge in [0, 0.05) is 6.04 Å². The minimum Gasteiger partial charge on any atom is -0.317 e. The molecular formula is C5H11NO. The summed E-state index contributed by atoms with van der Waals surface area (Å²) in [6.07, 6.45) is 2.40. The predicted octanol–water partition coefficient (Wildman–Crippen LogP) is 0.764. The first kappa shape index (κ1) is 5.06. The lowest BCUT2D eigenvalue weighted by Gasteiger charge is -2.31. The fourth-order valence-electron chi connectivity index (χ4n) is 0.858. The van der Waals surface area contributed by atoms with Gasteiger partial charge >= 0.3 is 0 Å². The molecule has 0 heterocycles. The maximum atomic E-state index is 8.31. The normalized spacial score (nSPS) is 40.3. The van der Waals surface area contributed by atoms with Crippen molar-refractivity contribution < 1.29 is 5.21 Å². The molecule has 1 aliphatic rings. The van der Waals surface area contributed by atoms with Crippen molar-refractivity contribution in [2.45, 2.75) is 25.8 Å². The summed E-state index contributed by atoms with van der Waals surface area (Å²) in [4.78, 5) is 0. The molecule has 2 unspecified atom stereocenters. The van der Waals surface area contributed by atoms with E-state index in [-0.39, 0.29) is 0 Å². The molecule has 0 aromatic rings. The molecule has 0 bridgehead atoms. The lowest BCUT2D eigenvalue weighted by molar-refractivity contribution is 0.0541. The van der Waals surface area contributed by atoms with E-state index < -0.39 is 0 Å². The summed E-state index contributed by atoms with van der Waals surface area (Å²) < 4.78 is 0. The molecule has 2 N–H and O–H groups in total. The maximum absolute atomic E-state index is 8.31. The average molecular weight is 101 g/mol. The summed E-state index contributed by atoms with van der Waals surface area (Å²) >= 11 is 0. The monoisotopic (exact) mass is 101 g/mol. The van der Waals surface area contributed by atoms with Gasteiger partial charge in [-0.25, -0.2) is 5.48 Å². The Morgan fingerprint density at radius 2 is 2.29 bits per heavy atom. The van der Waals surface area contributed by atoms with Crippen molar-refractivity contribution in [3.8, 4) is 0 Å². The van der Waals surface area contributed by atoms with Gasteiger partial charge in [-0.15, -0.1) is 0 Å². The summed E-state index contributed by atoms with van der Waals surface area (Å²) in [6.45, 7) is 2.14. The Kier molecular flexibility index (Phi) is 1.30. The molecule has 2 atom stereocenters. The zero-order valence-electron chi connectivity index (χ0n) is 4.52. The molecule has 1 rings (SSSR count). The Hall–Kier alpha value is -0.0800. The minimum absolute atomic E-state index is 0.389. The van der Waals surface area contributed by atoms with Crippen LogP contribution in [0.1, 0.15) is 19.8 Å². The molecule has 2 nitrogen and oxygen atoms in total. The van der Waals surface area contributed by atoms with E-state index in [1.807, 2.05) is 0 Å². The molecule has 0 aliphatic heterocycles. The van der Waals surface area contributed by atoms with Crippen LogP contribution in [0.2, 0.25) is 0 Å². The van der Waals surface area contributed by atoms with Crippen LogP contribution in [0.4, 0.5) is 0 Å². The number of hydroxylamine groups is 1. The van der Waals surface area contributed by atoms with Crippen molar-refractivity contribution in [2.24, 2.45) is 5.92 Å². The Morgan fingerprint density at radius 3 is 2.29 bits per heavy atom. The molecular weight excluding hydrogens is 90.1 g/mol. The zero-order chi connectivity index (χ0) is 5.28. The van der Waals surface area contributed by atoms with Crippen LogP contribution in [0.25, 0.3) is 0 Å². The molecule has 0 radical (unpaired) electrons. The first-order valence-corrected chi connectivity index (χ1v) is 2.74. The van der Waals surface area contributed by atoms with Gasteiger partial charge in [-0.3, -0.25) is 0 Å². The molecule has 42 valence electrons. The third-order valence-corrected chi connectivity index (χ3v) is 1.79. The van der Waals surface area contributed by atoms with Crippen LogP contribution < -0.4 is 5.48 Å². The first-order chi connectivity index (χ1) is 3.34. The number of rotatable bonds is 1. The van der Waals surface area contributed by atoms with Crippen molar-refractivity contribution in [1.82, 2.24) is 5.48 Å². The highest BCUT2D eigenvalue weighted by Gasteiger charge is 2.25. The molecule has 0 aromatic heterocycles. The highest BCUT2D eigenvalue weighted by molar-refractivity contribution is 4.80. The lowest BCUT2D eigenvalue weighted by Crippen LogP contribution is -2.40. The molecule has 1 aliphatic carbocycles. The van der Waals surface area contributed by atoms with Crippen LogP contribution >= 0.6 is 0 Å². The summed E-state index contributed by atoms with van der Waals surface area (Å²) in [5.74, 6) is 0.685. The third-order valence-electron chi connectivity index (χ3n) is 1.79. The average Bonchev–Trinajstić information content (AvgIpc) is 1.65. The summed E-state index contributed by atoms with van der Waals surface area (Å²) in [5, 5.41) is 8.31. The van der Waals surface area contributed by atoms with E-state index in [4.69, 9.17) is 5.21 Å². The van der Waals surface area contributed by atoms with Crippen molar-refractivity contribution in [1.29, 1.82) is 0 Å². The molecule has 1 fully saturated rings. The van der Waals surface area contributed by atoms with Gasteiger partial charge in [-0.2, -0.15) is 0 Å².